The fraction of sp³-hybridized carbons (Fsp3) is 0.833. The molecular formula is C6H11F3N2O2. The molecule has 0 aromatic heterocycles. The maximum absolute atomic E-state index is 11.5. The first kappa shape index (κ1) is 12.0. The molecule has 0 heterocycles. The zero-order chi connectivity index (χ0) is 10.3. The number of alkyl halides is 3. The number of alkyl carbamates (subject to hydrolysis) is 1. The third kappa shape index (κ3) is 8.93. The van der Waals surface area contributed by atoms with E-state index in [1.165, 1.54) is 0 Å². The van der Waals surface area contributed by atoms with Gasteiger partial charge in [-0.2, -0.15) is 13.2 Å². The molecule has 1 amide bonds. The molecule has 0 saturated heterocycles. The van der Waals surface area contributed by atoms with Gasteiger partial charge >= 0.3 is 12.3 Å². The van der Waals surface area contributed by atoms with E-state index in [0.29, 0.717) is 6.54 Å². The van der Waals surface area contributed by atoms with Crippen molar-refractivity contribution < 1.29 is 22.7 Å². The Balaban J connectivity index is 3.41. The molecule has 0 fully saturated rings. The zero-order valence-corrected chi connectivity index (χ0v) is 7.07. The Morgan fingerprint density at radius 2 is 2.08 bits per heavy atom. The predicted octanol–water partition coefficient (Wildman–Crippen LogP) is 0.494. The van der Waals surface area contributed by atoms with Gasteiger partial charge in [-0.05, 0) is 7.05 Å². The monoisotopic (exact) mass is 200 g/mol. The highest BCUT2D eigenvalue weighted by molar-refractivity contribution is 5.67. The van der Waals surface area contributed by atoms with E-state index >= 15 is 0 Å². The highest BCUT2D eigenvalue weighted by Crippen LogP contribution is 2.11. The van der Waals surface area contributed by atoms with Gasteiger partial charge in [0.15, 0.2) is 0 Å². The number of likely N-dealkylation sites (N-methyl/N-ethyl adjacent to an activating group) is 1. The van der Waals surface area contributed by atoms with E-state index in [1.54, 1.807) is 12.4 Å². The van der Waals surface area contributed by atoms with Crippen molar-refractivity contribution in [1.82, 2.24) is 10.6 Å². The van der Waals surface area contributed by atoms with Crippen LogP contribution in [0.25, 0.3) is 0 Å². The van der Waals surface area contributed by atoms with E-state index < -0.39 is 18.8 Å². The van der Waals surface area contributed by atoms with E-state index in [4.69, 9.17) is 0 Å². The van der Waals surface area contributed by atoms with Crippen LogP contribution in [-0.2, 0) is 4.74 Å². The van der Waals surface area contributed by atoms with Gasteiger partial charge in [0, 0.05) is 6.54 Å². The lowest BCUT2D eigenvalue weighted by Crippen LogP contribution is -2.35. The van der Waals surface area contributed by atoms with Crippen molar-refractivity contribution in [3.8, 4) is 0 Å². The van der Waals surface area contributed by atoms with E-state index in [9.17, 15) is 18.0 Å². The summed E-state index contributed by atoms with van der Waals surface area (Å²) in [5.74, 6) is 0. The van der Waals surface area contributed by atoms with Crippen molar-refractivity contribution in [2.75, 3.05) is 26.7 Å². The van der Waals surface area contributed by atoms with Gasteiger partial charge in [0.1, 0.15) is 13.2 Å². The van der Waals surface area contributed by atoms with Crippen molar-refractivity contribution in [3.63, 3.8) is 0 Å². The summed E-state index contributed by atoms with van der Waals surface area (Å²) < 4.78 is 38.9. The van der Waals surface area contributed by atoms with Crippen molar-refractivity contribution in [2.24, 2.45) is 0 Å². The van der Waals surface area contributed by atoms with Gasteiger partial charge in [0.05, 0.1) is 0 Å². The van der Waals surface area contributed by atoms with Gasteiger partial charge in [-0.25, -0.2) is 4.79 Å². The average molecular weight is 200 g/mol. The Morgan fingerprint density at radius 3 is 2.54 bits per heavy atom. The van der Waals surface area contributed by atoms with Crippen LogP contribution in [0, 0.1) is 0 Å². The minimum Gasteiger partial charge on any atom is -0.448 e. The Morgan fingerprint density at radius 1 is 1.46 bits per heavy atom. The summed E-state index contributed by atoms with van der Waals surface area (Å²) in [6.07, 6.45) is -5.46. The van der Waals surface area contributed by atoms with Crippen LogP contribution in [0.4, 0.5) is 18.0 Å². The summed E-state index contributed by atoms with van der Waals surface area (Å²) >= 11 is 0. The maximum atomic E-state index is 11.5. The van der Waals surface area contributed by atoms with Crippen LogP contribution in [0.1, 0.15) is 0 Å². The Kier molecular flexibility index (Phi) is 5.20. The zero-order valence-electron chi connectivity index (χ0n) is 7.07. The summed E-state index contributed by atoms with van der Waals surface area (Å²) in [4.78, 5) is 10.5. The number of carbonyl (C=O) groups excluding carboxylic acids is 1. The van der Waals surface area contributed by atoms with Gasteiger partial charge in [0.25, 0.3) is 0 Å². The molecule has 0 unspecified atom stereocenters. The van der Waals surface area contributed by atoms with Crippen molar-refractivity contribution in [2.45, 2.75) is 6.18 Å². The first-order valence-corrected chi connectivity index (χ1v) is 3.57. The van der Waals surface area contributed by atoms with E-state index in [0.717, 1.165) is 0 Å². The van der Waals surface area contributed by atoms with E-state index in [2.05, 4.69) is 10.1 Å². The van der Waals surface area contributed by atoms with Crippen LogP contribution in [0.5, 0.6) is 0 Å². The van der Waals surface area contributed by atoms with Crippen LogP contribution in [0.3, 0.4) is 0 Å². The van der Waals surface area contributed by atoms with Crippen molar-refractivity contribution >= 4 is 6.09 Å². The Hall–Kier alpha value is -0.980. The molecule has 0 aliphatic rings. The summed E-state index contributed by atoms with van der Waals surface area (Å²) in [6, 6.07) is 0. The molecule has 0 aliphatic carbocycles. The molecule has 78 valence electrons. The molecule has 13 heavy (non-hydrogen) atoms. The number of carbonyl (C=O) groups is 1. The number of halogens is 3. The van der Waals surface area contributed by atoms with Crippen molar-refractivity contribution in [3.05, 3.63) is 0 Å². The predicted molar refractivity (Wildman–Crippen MR) is 39.3 cm³/mol. The van der Waals surface area contributed by atoms with Gasteiger partial charge in [-0.1, -0.05) is 0 Å². The molecule has 2 N–H and O–H groups in total. The third-order valence-electron chi connectivity index (χ3n) is 1.02. The standard InChI is InChI=1S/C6H11F3N2O2/c1-10-2-3-13-5(12)11-4-6(7,8)9/h10H,2-4H2,1H3,(H,11,12). The molecule has 4 nitrogen and oxygen atoms in total. The van der Waals surface area contributed by atoms with Gasteiger partial charge < -0.3 is 15.4 Å². The number of hydrogen-bond acceptors (Lipinski definition) is 3. The van der Waals surface area contributed by atoms with Gasteiger partial charge in [-0.3, -0.25) is 0 Å². The van der Waals surface area contributed by atoms with Crippen LogP contribution >= 0.6 is 0 Å². The van der Waals surface area contributed by atoms with Gasteiger partial charge in [0.2, 0.25) is 0 Å². The number of amides is 1. The lowest BCUT2D eigenvalue weighted by Gasteiger charge is -2.08. The average Bonchev–Trinajstić information content (AvgIpc) is 2.00. The van der Waals surface area contributed by atoms with Gasteiger partial charge in [-0.15, -0.1) is 0 Å². The fourth-order valence-electron chi connectivity index (χ4n) is 0.469. The van der Waals surface area contributed by atoms with Crippen LogP contribution in [-0.4, -0.2) is 39.0 Å². The largest absolute Gasteiger partial charge is 0.448 e. The third-order valence-corrected chi connectivity index (χ3v) is 1.02. The van der Waals surface area contributed by atoms with E-state index in [1.807, 2.05) is 0 Å². The summed E-state index contributed by atoms with van der Waals surface area (Å²) in [5.41, 5.74) is 0. The molecule has 0 aliphatic heterocycles. The maximum Gasteiger partial charge on any atom is 0.407 e. The molecular weight excluding hydrogens is 189 g/mol. The van der Waals surface area contributed by atoms with Crippen LogP contribution in [0.2, 0.25) is 0 Å². The lowest BCUT2D eigenvalue weighted by atomic mass is 10.6. The smallest absolute Gasteiger partial charge is 0.407 e. The topological polar surface area (TPSA) is 50.4 Å². The number of ether oxygens (including phenoxy) is 1. The second kappa shape index (κ2) is 5.63. The Labute approximate surface area is 73.4 Å². The van der Waals surface area contributed by atoms with E-state index in [-0.39, 0.29) is 6.61 Å². The second-order valence-electron chi connectivity index (χ2n) is 2.21. The Bertz CT molecular complexity index is 160. The molecule has 0 aromatic carbocycles. The summed E-state index contributed by atoms with van der Waals surface area (Å²) in [6.45, 7) is -0.926. The van der Waals surface area contributed by atoms with Crippen LogP contribution < -0.4 is 10.6 Å². The highest BCUT2D eigenvalue weighted by Gasteiger charge is 2.27. The molecule has 7 heteroatoms. The second-order valence-corrected chi connectivity index (χ2v) is 2.21. The molecule has 0 rings (SSSR count). The molecule has 0 bridgehead atoms. The fourth-order valence-corrected chi connectivity index (χ4v) is 0.469. The van der Waals surface area contributed by atoms with Crippen molar-refractivity contribution in [1.29, 1.82) is 0 Å². The minimum absolute atomic E-state index is 0.0419. The first-order valence-electron chi connectivity index (χ1n) is 3.57. The number of rotatable bonds is 4. The first-order chi connectivity index (χ1) is 5.95. The number of hydrogen-bond donors (Lipinski definition) is 2. The molecule has 0 spiro atoms. The summed E-state index contributed by atoms with van der Waals surface area (Å²) in [5, 5.41) is 4.24. The minimum atomic E-state index is -4.40. The molecule has 0 saturated carbocycles. The molecule has 0 atom stereocenters. The molecule has 0 radical (unpaired) electrons. The highest BCUT2D eigenvalue weighted by atomic mass is 19.4. The molecule has 0 aromatic rings. The summed E-state index contributed by atoms with van der Waals surface area (Å²) in [7, 11) is 1.64. The SMILES string of the molecule is CNCCOC(=O)NCC(F)(F)F. The lowest BCUT2D eigenvalue weighted by molar-refractivity contribution is -0.123. The quantitative estimate of drug-likeness (QED) is 0.649. The van der Waals surface area contributed by atoms with Crippen LogP contribution in [0.15, 0.2) is 0 Å². The normalized spacial score (nSPS) is 11.1. The number of nitrogens with one attached hydrogen (secondary N) is 2.